The first-order chi connectivity index (χ1) is 12.2. The van der Waals surface area contributed by atoms with E-state index in [1.54, 1.807) is 12.1 Å². The number of esters is 1. The zero-order chi connectivity index (χ0) is 17.2. The minimum atomic E-state index is -0.327. The molecule has 0 amide bonds. The van der Waals surface area contributed by atoms with Crippen molar-refractivity contribution in [2.45, 2.75) is 6.92 Å². The Labute approximate surface area is 145 Å². The van der Waals surface area contributed by atoms with Gasteiger partial charge in [0.15, 0.2) is 0 Å². The number of nitrogens with one attached hydrogen (secondary N) is 1. The number of carbonyl (C=O) groups excluding carboxylic acids is 1. The molecule has 0 aliphatic carbocycles. The molecule has 0 spiro atoms. The summed E-state index contributed by atoms with van der Waals surface area (Å²) in [6, 6.07) is 23.5. The lowest BCUT2D eigenvalue weighted by Gasteiger charge is -2.13. The molecular formula is C21H16N2O2. The first-order valence-electron chi connectivity index (χ1n) is 8.04. The fourth-order valence-corrected chi connectivity index (χ4v) is 2.89. The number of anilines is 2. The van der Waals surface area contributed by atoms with Gasteiger partial charge in [0, 0.05) is 23.4 Å². The van der Waals surface area contributed by atoms with Crippen LogP contribution in [0.15, 0.2) is 72.8 Å². The van der Waals surface area contributed by atoms with Gasteiger partial charge in [-0.05, 0) is 36.4 Å². The van der Waals surface area contributed by atoms with Gasteiger partial charge in [-0.1, -0.05) is 36.4 Å². The van der Waals surface area contributed by atoms with Gasteiger partial charge >= 0.3 is 5.97 Å². The van der Waals surface area contributed by atoms with Crippen LogP contribution in [0.3, 0.4) is 0 Å². The van der Waals surface area contributed by atoms with Gasteiger partial charge < -0.3 is 10.1 Å². The summed E-state index contributed by atoms with van der Waals surface area (Å²) in [4.78, 5) is 15.8. The Balaban J connectivity index is 1.80. The van der Waals surface area contributed by atoms with Crippen LogP contribution in [0.1, 0.15) is 6.92 Å². The Morgan fingerprint density at radius 2 is 1.40 bits per heavy atom. The van der Waals surface area contributed by atoms with E-state index >= 15 is 0 Å². The Morgan fingerprint density at radius 1 is 0.840 bits per heavy atom. The van der Waals surface area contributed by atoms with Crippen molar-refractivity contribution in [1.82, 2.24) is 4.98 Å². The molecule has 3 aromatic carbocycles. The van der Waals surface area contributed by atoms with E-state index in [-0.39, 0.29) is 5.97 Å². The van der Waals surface area contributed by atoms with Crippen LogP contribution in [0, 0.1) is 0 Å². The molecule has 0 aliphatic rings. The molecule has 25 heavy (non-hydrogen) atoms. The van der Waals surface area contributed by atoms with Crippen LogP contribution < -0.4 is 10.1 Å². The van der Waals surface area contributed by atoms with Crippen LogP contribution in [-0.4, -0.2) is 11.0 Å². The molecule has 0 unspecified atom stereocenters. The Morgan fingerprint density at radius 3 is 1.96 bits per heavy atom. The molecule has 122 valence electrons. The highest BCUT2D eigenvalue weighted by Gasteiger charge is 2.09. The molecule has 0 fully saturated rings. The molecule has 4 nitrogen and oxygen atoms in total. The van der Waals surface area contributed by atoms with E-state index < -0.39 is 0 Å². The van der Waals surface area contributed by atoms with Crippen LogP contribution in [0.4, 0.5) is 11.4 Å². The molecule has 1 heterocycles. The zero-order valence-corrected chi connectivity index (χ0v) is 13.7. The van der Waals surface area contributed by atoms with Crippen LogP contribution in [0.2, 0.25) is 0 Å². The van der Waals surface area contributed by atoms with E-state index in [2.05, 4.69) is 17.4 Å². The molecule has 0 aliphatic heterocycles. The number of para-hydroxylation sites is 2. The molecule has 4 heteroatoms. The lowest BCUT2D eigenvalue weighted by molar-refractivity contribution is -0.131. The molecule has 1 aromatic heterocycles. The van der Waals surface area contributed by atoms with Crippen molar-refractivity contribution >= 4 is 39.1 Å². The predicted octanol–water partition coefficient (Wildman–Crippen LogP) is 5.06. The Bertz CT molecular complexity index is 1020. The van der Waals surface area contributed by atoms with Crippen molar-refractivity contribution in [2.24, 2.45) is 0 Å². The number of aromatic nitrogens is 1. The van der Waals surface area contributed by atoms with E-state index in [0.717, 1.165) is 33.2 Å². The van der Waals surface area contributed by atoms with E-state index in [1.807, 2.05) is 48.5 Å². The summed E-state index contributed by atoms with van der Waals surface area (Å²) in [6.07, 6.45) is 0. The SMILES string of the molecule is CC(=O)Oc1ccc(Nc2c3ccccc3nc3ccccc23)cc1. The molecule has 0 bridgehead atoms. The lowest BCUT2D eigenvalue weighted by atomic mass is 10.1. The van der Waals surface area contributed by atoms with Crippen molar-refractivity contribution < 1.29 is 9.53 Å². The van der Waals surface area contributed by atoms with Crippen LogP contribution in [-0.2, 0) is 4.79 Å². The molecular weight excluding hydrogens is 312 g/mol. The summed E-state index contributed by atoms with van der Waals surface area (Å²) in [5.74, 6) is 0.203. The molecule has 0 atom stereocenters. The normalized spacial score (nSPS) is 10.8. The van der Waals surface area contributed by atoms with Gasteiger partial charge in [-0.15, -0.1) is 0 Å². The summed E-state index contributed by atoms with van der Waals surface area (Å²) in [5, 5.41) is 5.61. The minimum absolute atomic E-state index is 0.327. The van der Waals surface area contributed by atoms with Gasteiger partial charge in [0.1, 0.15) is 5.75 Å². The summed E-state index contributed by atoms with van der Waals surface area (Å²) >= 11 is 0. The van der Waals surface area contributed by atoms with Crippen molar-refractivity contribution in [3.05, 3.63) is 72.8 Å². The topological polar surface area (TPSA) is 51.2 Å². The minimum Gasteiger partial charge on any atom is -0.427 e. The van der Waals surface area contributed by atoms with E-state index in [1.165, 1.54) is 6.92 Å². The number of nitrogens with zero attached hydrogens (tertiary/aromatic N) is 1. The molecule has 0 saturated carbocycles. The number of hydrogen-bond acceptors (Lipinski definition) is 4. The second-order valence-corrected chi connectivity index (χ2v) is 5.76. The third-order valence-corrected chi connectivity index (χ3v) is 3.97. The quantitative estimate of drug-likeness (QED) is 0.324. The highest BCUT2D eigenvalue weighted by atomic mass is 16.5. The number of rotatable bonds is 3. The van der Waals surface area contributed by atoms with Crippen molar-refractivity contribution in [3.63, 3.8) is 0 Å². The van der Waals surface area contributed by atoms with E-state index in [4.69, 9.17) is 9.72 Å². The second-order valence-electron chi connectivity index (χ2n) is 5.76. The maximum atomic E-state index is 11.0. The van der Waals surface area contributed by atoms with E-state index in [9.17, 15) is 4.79 Å². The molecule has 4 aromatic rings. The van der Waals surface area contributed by atoms with Gasteiger partial charge in [-0.25, -0.2) is 4.98 Å². The van der Waals surface area contributed by atoms with Crippen molar-refractivity contribution in [3.8, 4) is 5.75 Å². The van der Waals surface area contributed by atoms with Gasteiger partial charge in [-0.2, -0.15) is 0 Å². The van der Waals surface area contributed by atoms with Gasteiger partial charge in [0.25, 0.3) is 0 Å². The number of fused-ring (bicyclic) bond motifs is 2. The lowest BCUT2D eigenvalue weighted by Crippen LogP contribution is -2.01. The smallest absolute Gasteiger partial charge is 0.308 e. The fourth-order valence-electron chi connectivity index (χ4n) is 2.89. The van der Waals surface area contributed by atoms with Crippen molar-refractivity contribution in [1.29, 1.82) is 0 Å². The summed E-state index contributed by atoms with van der Waals surface area (Å²) in [5.41, 5.74) is 3.82. The second kappa shape index (κ2) is 6.24. The van der Waals surface area contributed by atoms with Crippen LogP contribution >= 0.6 is 0 Å². The predicted molar refractivity (Wildman–Crippen MR) is 100 cm³/mol. The zero-order valence-electron chi connectivity index (χ0n) is 13.7. The first-order valence-corrected chi connectivity index (χ1v) is 8.04. The van der Waals surface area contributed by atoms with E-state index in [0.29, 0.717) is 5.75 Å². The number of benzene rings is 3. The third-order valence-electron chi connectivity index (χ3n) is 3.97. The summed E-state index contributed by atoms with van der Waals surface area (Å²) in [7, 11) is 0. The highest BCUT2D eigenvalue weighted by molar-refractivity contribution is 6.08. The molecule has 4 rings (SSSR count). The number of pyridine rings is 1. The largest absolute Gasteiger partial charge is 0.427 e. The van der Waals surface area contributed by atoms with Gasteiger partial charge in [0.05, 0.1) is 16.7 Å². The van der Waals surface area contributed by atoms with Gasteiger partial charge in [0.2, 0.25) is 0 Å². The average Bonchev–Trinajstić information content (AvgIpc) is 2.62. The maximum absolute atomic E-state index is 11.0. The highest BCUT2D eigenvalue weighted by Crippen LogP contribution is 2.33. The fraction of sp³-hybridized carbons (Fsp3) is 0.0476. The van der Waals surface area contributed by atoms with Gasteiger partial charge in [-0.3, -0.25) is 4.79 Å². The number of carbonyl (C=O) groups is 1. The summed E-state index contributed by atoms with van der Waals surface area (Å²) in [6.45, 7) is 1.39. The summed E-state index contributed by atoms with van der Waals surface area (Å²) < 4.78 is 5.08. The first kappa shape index (κ1) is 15.1. The monoisotopic (exact) mass is 328 g/mol. The molecule has 0 radical (unpaired) electrons. The standard InChI is InChI=1S/C21H16N2O2/c1-14(24)25-16-12-10-15(11-13-16)22-21-17-6-2-4-8-19(17)23-20-9-5-3-7-18(20)21/h2-13H,1H3,(H,22,23). The average molecular weight is 328 g/mol. The van der Waals surface area contributed by atoms with Crippen LogP contribution in [0.25, 0.3) is 21.8 Å². The molecule has 1 N–H and O–H groups in total. The molecule has 0 saturated heterocycles. The number of hydrogen-bond donors (Lipinski definition) is 1. The Kier molecular flexibility index (Phi) is 3.78. The van der Waals surface area contributed by atoms with Crippen molar-refractivity contribution in [2.75, 3.05) is 5.32 Å². The third kappa shape index (κ3) is 3.02. The Hall–Kier alpha value is -3.40. The van der Waals surface area contributed by atoms with Crippen LogP contribution in [0.5, 0.6) is 5.75 Å². The maximum Gasteiger partial charge on any atom is 0.308 e. The number of ether oxygens (including phenoxy) is 1.